The first-order valence-electron chi connectivity index (χ1n) is 7.72. The number of hydrogen-bond donors (Lipinski definition) is 1. The molecule has 1 saturated heterocycles. The first-order valence-corrected chi connectivity index (χ1v) is 8.60. The number of piperazine rings is 1. The Morgan fingerprint density at radius 3 is 2.83 bits per heavy atom. The summed E-state index contributed by atoms with van der Waals surface area (Å²) in [5.74, 6) is 0.122. The Kier molecular flexibility index (Phi) is 5.32. The van der Waals surface area contributed by atoms with Crippen molar-refractivity contribution in [1.29, 1.82) is 0 Å². The predicted molar refractivity (Wildman–Crippen MR) is 89.2 cm³/mol. The SMILES string of the molecule is O=C(Cc1csc(-c2cccnc2)n1)N1CCN(CCO)CC1. The van der Waals surface area contributed by atoms with Gasteiger partial charge in [-0.15, -0.1) is 11.3 Å². The van der Waals surface area contributed by atoms with Crippen LogP contribution < -0.4 is 0 Å². The van der Waals surface area contributed by atoms with E-state index >= 15 is 0 Å². The minimum Gasteiger partial charge on any atom is -0.395 e. The number of carbonyl (C=O) groups excluding carboxylic acids is 1. The van der Waals surface area contributed by atoms with Crippen molar-refractivity contribution in [2.24, 2.45) is 0 Å². The van der Waals surface area contributed by atoms with Crippen LogP contribution in [0.25, 0.3) is 10.6 Å². The number of aliphatic hydroxyl groups is 1. The van der Waals surface area contributed by atoms with Crippen molar-refractivity contribution in [3.63, 3.8) is 0 Å². The molecule has 1 aliphatic heterocycles. The molecule has 3 rings (SSSR count). The standard InChI is InChI=1S/C16H20N4O2S/c21-9-8-19-4-6-20(7-5-19)15(22)10-14-12-23-16(18-14)13-2-1-3-17-11-13/h1-3,11-12,21H,4-10H2. The first kappa shape index (κ1) is 16.0. The van der Waals surface area contributed by atoms with E-state index in [2.05, 4.69) is 14.9 Å². The molecule has 0 unspecified atom stereocenters. The van der Waals surface area contributed by atoms with Crippen LogP contribution in [0.3, 0.4) is 0 Å². The molecular weight excluding hydrogens is 312 g/mol. The number of nitrogens with zero attached hydrogens (tertiary/aromatic N) is 4. The van der Waals surface area contributed by atoms with Crippen molar-refractivity contribution in [2.75, 3.05) is 39.3 Å². The van der Waals surface area contributed by atoms with E-state index in [-0.39, 0.29) is 12.5 Å². The molecule has 0 atom stereocenters. The molecule has 23 heavy (non-hydrogen) atoms. The zero-order valence-electron chi connectivity index (χ0n) is 12.9. The van der Waals surface area contributed by atoms with Gasteiger partial charge in [-0.2, -0.15) is 0 Å². The summed E-state index contributed by atoms with van der Waals surface area (Å²) < 4.78 is 0. The second kappa shape index (κ2) is 7.63. The summed E-state index contributed by atoms with van der Waals surface area (Å²) in [7, 11) is 0. The van der Waals surface area contributed by atoms with E-state index in [9.17, 15) is 4.79 Å². The van der Waals surface area contributed by atoms with Gasteiger partial charge in [0.2, 0.25) is 5.91 Å². The number of rotatable bonds is 5. The molecule has 7 heteroatoms. The minimum absolute atomic E-state index is 0.122. The van der Waals surface area contributed by atoms with Crippen LogP contribution >= 0.6 is 11.3 Å². The van der Waals surface area contributed by atoms with E-state index < -0.39 is 0 Å². The van der Waals surface area contributed by atoms with Gasteiger partial charge in [0.1, 0.15) is 5.01 Å². The Labute approximate surface area is 139 Å². The molecule has 2 aromatic rings. The molecule has 2 aromatic heterocycles. The normalized spacial score (nSPS) is 15.8. The van der Waals surface area contributed by atoms with Gasteiger partial charge in [0.05, 0.1) is 18.7 Å². The van der Waals surface area contributed by atoms with Crippen LogP contribution in [0, 0.1) is 0 Å². The number of pyridine rings is 1. The van der Waals surface area contributed by atoms with Gasteiger partial charge < -0.3 is 10.0 Å². The average molecular weight is 332 g/mol. The third kappa shape index (κ3) is 4.13. The Hall–Kier alpha value is -1.83. The molecule has 3 heterocycles. The number of thiazole rings is 1. The zero-order chi connectivity index (χ0) is 16.1. The summed E-state index contributed by atoms with van der Waals surface area (Å²) in [4.78, 5) is 25.1. The van der Waals surface area contributed by atoms with Crippen LogP contribution in [-0.2, 0) is 11.2 Å². The summed E-state index contributed by atoms with van der Waals surface area (Å²) in [6.07, 6.45) is 3.86. The van der Waals surface area contributed by atoms with Gasteiger partial charge in [-0.1, -0.05) is 0 Å². The lowest BCUT2D eigenvalue weighted by Crippen LogP contribution is -2.49. The van der Waals surface area contributed by atoms with E-state index in [1.807, 2.05) is 22.4 Å². The van der Waals surface area contributed by atoms with Crippen LogP contribution in [0.2, 0.25) is 0 Å². The fraction of sp³-hybridized carbons (Fsp3) is 0.438. The number of aliphatic hydroxyl groups excluding tert-OH is 1. The highest BCUT2D eigenvalue weighted by atomic mass is 32.1. The molecule has 1 fully saturated rings. The maximum absolute atomic E-state index is 12.4. The first-order chi connectivity index (χ1) is 11.3. The van der Waals surface area contributed by atoms with Crippen LogP contribution in [0.5, 0.6) is 0 Å². The Morgan fingerprint density at radius 1 is 1.30 bits per heavy atom. The van der Waals surface area contributed by atoms with Crippen molar-refractivity contribution >= 4 is 17.2 Å². The summed E-state index contributed by atoms with van der Waals surface area (Å²) in [5, 5.41) is 11.8. The monoisotopic (exact) mass is 332 g/mol. The number of aromatic nitrogens is 2. The van der Waals surface area contributed by atoms with Gasteiger partial charge in [0.25, 0.3) is 0 Å². The van der Waals surface area contributed by atoms with E-state index in [1.54, 1.807) is 23.7 Å². The molecule has 1 aliphatic rings. The van der Waals surface area contributed by atoms with Crippen LogP contribution in [0.15, 0.2) is 29.9 Å². The molecule has 122 valence electrons. The highest BCUT2D eigenvalue weighted by Gasteiger charge is 2.21. The summed E-state index contributed by atoms with van der Waals surface area (Å²) >= 11 is 1.54. The highest BCUT2D eigenvalue weighted by Crippen LogP contribution is 2.23. The summed E-state index contributed by atoms with van der Waals surface area (Å²) in [6.45, 7) is 3.94. The fourth-order valence-electron chi connectivity index (χ4n) is 2.64. The molecule has 1 N–H and O–H groups in total. The topological polar surface area (TPSA) is 69.6 Å². The van der Waals surface area contributed by atoms with Crippen molar-refractivity contribution < 1.29 is 9.90 Å². The van der Waals surface area contributed by atoms with Gasteiger partial charge in [0.15, 0.2) is 0 Å². The van der Waals surface area contributed by atoms with Gasteiger partial charge in [-0.3, -0.25) is 14.7 Å². The van der Waals surface area contributed by atoms with E-state index in [0.717, 1.165) is 42.4 Å². The van der Waals surface area contributed by atoms with Crippen LogP contribution in [0.1, 0.15) is 5.69 Å². The number of amides is 1. The molecule has 1 amide bonds. The fourth-order valence-corrected chi connectivity index (χ4v) is 3.45. The number of β-amino-alcohol motifs (C(OH)–C–C–N with tert-alkyl or cyclic N) is 1. The van der Waals surface area contributed by atoms with Crippen LogP contribution in [0.4, 0.5) is 0 Å². The quantitative estimate of drug-likeness (QED) is 0.880. The summed E-state index contributed by atoms with van der Waals surface area (Å²) in [6, 6.07) is 3.85. The average Bonchev–Trinajstić information content (AvgIpc) is 3.05. The van der Waals surface area contributed by atoms with Crippen LogP contribution in [-0.4, -0.2) is 70.1 Å². The number of hydrogen-bond acceptors (Lipinski definition) is 6. The minimum atomic E-state index is 0.122. The smallest absolute Gasteiger partial charge is 0.228 e. The van der Waals surface area contributed by atoms with Crippen molar-refractivity contribution in [1.82, 2.24) is 19.8 Å². The predicted octanol–water partition coefficient (Wildman–Crippen LogP) is 0.884. The van der Waals surface area contributed by atoms with Gasteiger partial charge in [0, 0.05) is 56.1 Å². The zero-order valence-corrected chi connectivity index (χ0v) is 13.7. The lowest BCUT2D eigenvalue weighted by molar-refractivity contribution is -0.132. The molecule has 0 aliphatic carbocycles. The molecule has 0 spiro atoms. The highest BCUT2D eigenvalue weighted by molar-refractivity contribution is 7.13. The molecule has 6 nitrogen and oxygen atoms in total. The third-order valence-electron chi connectivity index (χ3n) is 3.93. The largest absolute Gasteiger partial charge is 0.395 e. The summed E-state index contributed by atoms with van der Waals surface area (Å²) in [5.41, 5.74) is 1.80. The van der Waals surface area contributed by atoms with E-state index in [0.29, 0.717) is 13.0 Å². The molecular formula is C16H20N4O2S. The Morgan fingerprint density at radius 2 is 2.13 bits per heavy atom. The molecule has 0 saturated carbocycles. The maximum atomic E-state index is 12.4. The molecule has 0 aromatic carbocycles. The van der Waals surface area contributed by atoms with E-state index in [1.165, 1.54) is 0 Å². The third-order valence-corrected chi connectivity index (χ3v) is 4.87. The number of carbonyl (C=O) groups is 1. The van der Waals surface area contributed by atoms with Gasteiger partial charge in [-0.25, -0.2) is 4.98 Å². The van der Waals surface area contributed by atoms with Crippen molar-refractivity contribution in [3.8, 4) is 10.6 Å². The molecule has 0 bridgehead atoms. The Bertz CT molecular complexity index is 639. The maximum Gasteiger partial charge on any atom is 0.228 e. The second-order valence-electron chi connectivity index (χ2n) is 5.51. The van der Waals surface area contributed by atoms with Gasteiger partial charge >= 0.3 is 0 Å². The Balaban J connectivity index is 1.56. The lowest BCUT2D eigenvalue weighted by atomic mass is 10.2. The van der Waals surface area contributed by atoms with Crippen molar-refractivity contribution in [2.45, 2.75) is 6.42 Å². The van der Waals surface area contributed by atoms with Crippen molar-refractivity contribution in [3.05, 3.63) is 35.6 Å². The lowest BCUT2D eigenvalue weighted by Gasteiger charge is -2.34. The molecule has 0 radical (unpaired) electrons. The second-order valence-corrected chi connectivity index (χ2v) is 6.37. The van der Waals surface area contributed by atoms with Gasteiger partial charge in [-0.05, 0) is 12.1 Å². The van der Waals surface area contributed by atoms with E-state index in [4.69, 9.17) is 5.11 Å².